The molecule has 2 heterocycles. The highest BCUT2D eigenvalue weighted by Gasteiger charge is 2.29. The summed E-state index contributed by atoms with van der Waals surface area (Å²) in [6.07, 6.45) is 1.78. The van der Waals surface area contributed by atoms with Gasteiger partial charge in [-0.3, -0.25) is 9.69 Å². The second-order valence-electron chi connectivity index (χ2n) is 6.35. The van der Waals surface area contributed by atoms with Crippen molar-refractivity contribution in [1.29, 1.82) is 5.26 Å². The van der Waals surface area contributed by atoms with Crippen LogP contribution in [0.5, 0.6) is 0 Å². The first-order valence-electron chi connectivity index (χ1n) is 8.42. The number of hydrogen-bond donors (Lipinski definition) is 1. The minimum Gasteiger partial charge on any atom is -0.339 e. The molecule has 1 saturated heterocycles. The van der Waals surface area contributed by atoms with Crippen LogP contribution in [0.2, 0.25) is 0 Å². The van der Waals surface area contributed by atoms with E-state index in [0.717, 1.165) is 25.9 Å². The number of carbonyl (C=O) groups excluding carboxylic acids is 1. The van der Waals surface area contributed by atoms with E-state index in [2.05, 4.69) is 26.4 Å². The fourth-order valence-corrected chi connectivity index (χ4v) is 3.09. The molecule has 2 aromatic rings. The van der Waals surface area contributed by atoms with Crippen LogP contribution in [0, 0.1) is 18.3 Å². The highest BCUT2D eigenvalue weighted by atomic mass is 16.5. The van der Waals surface area contributed by atoms with Gasteiger partial charge in [0.1, 0.15) is 0 Å². The van der Waals surface area contributed by atoms with E-state index in [1.807, 2.05) is 13.8 Å². The van der Waals surface area contributed by atoms with Crippen LogP contribution in [0.4, 0.5) is 5.69 Å². The van der Waals surface area contributed by atoms with Crippen molar-refractivity contribution in [2.24, 2.45) is 0 Å². The van der Waals surface area contributed by atoms with Gasteiger partial charge >= 0.3 is 0 Å². The first-order valence-corrected chi connectivity index (χ1v) is 8.42. The number of piperidine rings is 1. The van der Waals surface area contributed by atoms with Crippen LogP contribution >= 0.6 is 0 Å². The molecule has 7 nitrogen and oxygen atoms in total. The van der Waals surface area contributed by atoms with E-state index < -0.39 is 0 Å². The number of aromatic nitrogens is 2. The van der Waals surface area contributed by atoms with Crippen molar-refractivity contribution in [3.8, 4) is 6.07 Å². The lowest BCUT2D eigenvalue weighted by molar-refractivity contribution is -0.121. The van der Waals surface area contributed by atoms with Crippen LogP contribution in [-0.4, -0.2) is 40.1 Å². The van der Waals surface area contributed by atoms with E-state index in [4.69, 9.17) is 9.78 Å². The molecule has 1 fully saturated rings. The van der Waals surface area contributed by atoms with Crippen molar-refractivity contribution in [2.75, 3.05) is 18.4 Å². The molecule has 0 bridgehead atoms. The molecule has 1 aliphatic rings. The minimum atomic E-state index is -0.240. The lowest BCUT2D eigenvalue weighted by atomic mass is 9.95. The molecule has 1 atom stereocenters. The van der Waals surface area contributed by atoms with Gasteiger partial charge in [-0.25, -0.2) is 0 Å². The molecule has 0 saturated carbocycles. The van der Waals surface area contributed by atoms with Gasteiger partial charge in [-0.05, 0) is 58.0 Å². The van der Waals surface area contributed by atoms with Crippen molar-refractivity contribution >= 4 is 11.6 Å². The number of carbonyl (C=O) groups is 1. The quantitative estimate of drug-likeness (QED) is 0.919. The van der Waals surface area contributed by atoms with Crippen LogP contribution in [-0.2, 0) is 4.79 Å². The molecule has 0 spiro atoms. The molecule has 1 N–H and O–H groups in total. The molecular formula is C18H21N5O2. The van der Waals surface area contributed by atoms with Crippen molar-refractivity contribution in [1.82, 2.24) is 15.0 Å². The summed E-state index contributed by atoms with van der Waals surface area (Å²) < 4.78 is 5.26. The third kappa shape index (κ3) is 4.03. The summed E-state index contributed by atoms with van der Waals surface area (Å²) in [5, 5.41) is 15.7. The first-order chi connectivity index (χ1) is 12.1. The average molecular weight is 339 g/mol. The van der Waals surface area contributed by atoms with E-state index in [1.54, 1.807) is 24.3 Å². The predicted molar refractivity (Wildman–Crippen MR) is 91.8 cm³/mol. The Morgan fingerprint density at radius 1 is 1.44 bits per heavy atom. The summed E-state index contributed by atoms with van der Waals surface area (Å²) >= 11 is 0. The number of hydrogen-bond acceptors (Lipinski definition) is 6. The minimum absolute atomic E-state index is 0.0674. The molecule has 1 aliphatic heterocycles. The molecule has 25 heavy (non-hydrogen) atoms. The number of likely N-dealkylation sites (tertiary alicyclic amines) is 1. The lowest BCUT2D eigenvalue weighted by Gasteiger charge is -2.34. The van der Waals surface area contributed by atoms with Crippen molar-refractivity contribution in [2.45, 2.75) is 38.6 Å². The summed E-state index contributed by atoms with van der Waals surface area (Å²) in [7, 11) is 0. The van der Waals surface area contributed by atoms with Crippen LogP contribution in [0.3, 0.4) is 0 Å². The van der Waals surface area contributed by atoms with E-state index in [0.29, 0.717) is 23.0 Å². The summed E-state index contributed by atoms with van der Waals surface area (Å²) in [6.45, 7) is 5.33. The van der Waals surface area contributed by atoms with Gasteiger partial charge in [0.2, 0.25) is 11.8 Å². The monoisotopic (exact) mass is 339 g/mol. The third-order valence-corrected chi connectivity index (χ3v) is 4.61. The number of amides is 1. The Hall–Kier alpha value is -2.72. The van der Waals surface area contributed by atoms with E-state index in [-0.39, 0.29) is 17.9 Å². The Kier molecular flexibility index (Phi) is 5.10. The molecule has 7 heteroatoms. The van der Waals surface area contributed by atoms with Gasteiger partial charge < -0.3 is 9.84 Å². The highest BCUT2D eigenvalue weighted by Crippen LogP contribution is 2.27. The van der Waals surface area contributed by atoms with Crippen molar-refractivity contribution < 1.29 is 9.32 Å². The molecule has 0 aliphatic carbocycles. The van der Waals surface area contributed by atoms with Gasteiger partial charge in [-0.1, -0.05) is 11.2 Å². The summed E-state index contributed by atoms with van der Waals surface area (Å²) in [5.41, 5.74) is 1.17. The van der Waals surface area contributed by atoms with Crippen LogP contribution < -0.4 is 5.32 Å². The maximum atomic E-state index is 12.5. The first kappa shape index (κ1) is 17.1. The number of benzene rings is 1. The van der Waals surface area contributed by atoms with Gasteiger partial charge in [0.05, 0.1) is 17.7 Å². The summed E-state index contributed by atoms with van der Waals surface area (Å²) in [4.78, 5) is 19.0. The summed E-state index contributed by atoms with van der Waals surface area (Å²) in [6, 6.07) is 8.77. The highest BCUT2D eigenvalue weighted by molar-refractivity contribution is 5.94. The van der Waals surface area contributed by atoms with E-state index >= 15 is 0 Å². The number of nitrogens with one attached hydrogen (secondary N) is 1. The second-order valence-corrected chi connectivity index (χ2v) is 6.35. The zero-order valence-corrected chi connectivity index (χ0v) is 14.4. The van der Waals surface area contributed by atoms with Gasteiger partial charge in [0.25, 0.3) is 0 Å². The largest absolute Gasteiger partial charge is 0.339 e. The predicted octanol–water partition coefficient (Wildman–Crippen LogP) is 2.46. The molecule has 3 rings (SSSR count). The fraction of sp³-hybridized carbons (Fsp3) is 0.444. The van der Waals surface area contributed by atoms with Crippen LogP contribution in [0.1, 0.15) is 43.0 Å². The molecule has 130 valence electrons. The smallest absolute Gasteiger partial charge is 0.241 e. The molecule has 1 aromatic heterocycles. The topological polar surface area (TPSA) is 95.0 Å². The lowest BCUT2D eigenvalue weighted by Crippen LogP contribution is -2.45. The Labute approximate surface area is 146 Å². The number of rotatable bonds is 4. The van der Waals surface area contributed by atoms with E-state index in [1.165, 1.54) is 0 Å². The van der Waals surface area contributed by atoms with Crippen molar-refractivity contribution in [3.63, 3.8) is 0 Å². The molecule has 1 aromatic carbocycles. The average Bonchev–Trinajstić information content (AvgIpc) is 3.07. The Morgan fingerprint density at radius 3 is 2.84 bits per heavy atom. The van der Waals surface area contributed by atoms with Gasteiger partial charge in [-0.2, -0.15) is 10.2 Å². The number of nitriles is 1. The van der Waals surface area contributed by atoms with Crippen molar-refractivity contribution in [3.05, 3.63) is 41.5 Å². The van der Waals surface area contributed by atoms with Gasteiger partial charge in [-0.15, -0.1) is 0 Å². The number of nitrogens with zero attached hydrogens (tertiary/aromatic N) is 4. The normalized spacial score (nSPS) is 17.0. The standard InChI is InChI=1S/C18H21N5O2/c1-12(17(24)21-16-5-3-4-14(10-16)11-19)23-8-6-15(7-9-23)18-20-13(2)22-25-18/h3-5,10,12,15H,6-9H2,1-2H3,(H,21,24). The zero-order valence-electron chi connectivity index (χ0n) is 14.4. The van der Waals surface area contributed by atoms with Crippen LogP contribution in [0.25, 0.3) is 0 Å². The summed E-state index contributed by atoms with van der Waals surface area (Å²) in [5.74, 6) is 1.55. The second kappa shape index (κ2) is 7.45. The Morgan fingerprint density at radius 2 is 2.20 bits per heavy atom. The van der Waals surface area contributed by atoms with E-state index in [9.17, 15) is 4.79 Å². The van der Waals surface area contributed by atoms with Crippen LogP contribution in [0.15, 0.2) is 28.8 Å². The third-order valence-electron chi connectivity index (χ3n) is 4.61. The molecule has 0 radical (unpaired) electrons. The number of anilines is 1. The Balaban J connectivity index is 1.55. The Bertz CT molecular complexity index is 787. The maximum absolute atomic E-state index is 12.5. The molecule has 1 unspecified atom stereocenters. The SMILES string of the molecule is Cc1noc(C2CCN(C(C)C(=O)Nc3cccc(C#N)c3)CC2)n1. The molecule has 1 amide bonds. The fourth-order valence-electron chi connectivity index (χ4n) is 3.09. The molecular weight excluding hydrogens is 318 g/mol. The zero-order chi connectivity index (χ0) is 17.8. The number of aryl methyl sites for hydroxylation is 1. The van der Waals surface area contributed by atoms with Gasteiger partial charge in [0, 0.05) is 11.6 Å². The van der Waals surface area contributed by atoms with Gasteiger partial charge in [0.15, 0.2) is 5.82 Å². The maximum Gasteiger partial charge on any atom is 0.241 e.